The van der Waals surface area contributed by atoms with Crippen LogP contribution in [-0.4, -0.2) is 30.8 Å². The van der Waals surface area contributed by atoms with Crippen molar-refractivity contribution in [3.05, 3.63) is 70.3 Å². The Morgan fingerprint density at radius 1 is 1.12 bits per heavy atom. The number of carbonyl (C=O) groups is 2. The third kappa shape index (κ3) is 5.88. The second-order valence-corrected chi connectivity index (χ2v) is 7.67. The van der Waals surface area contributed by atoms with E-state index >= 15 is 0 Å². The molecule has 1 fully saturated rings. The van der Waals surface area contributed by atoms with E-state index in [0.717, 1.165) is 25.0 Å². The molecule has 0 radical (unpaired) electrons. The lowest BCUT2D eigenvalue weighted by molar-refractivity contribution is -0.133. The van der Waals surface area contributed by atoms with Crippen molar-refractivity contribution >= 4 is 17.6 Å². The molecule has 7 nitrogen and oxygen atoms in total. The average molecular weight is 444 g/mol. The molecule has 2 aromatic rings. The highest BCUT2D eigenvalue weighted by Gasteiger charge is 2.29. The molecule has 0 aromatic heterocycles. The van der Waals surface area contributed by atoms with E-state index in [4.69, 9.17) is 15.9 Å². The minimum absolute atomic E-state index is 0.0495. The van der Waals surface area contributed by atoms with Crippen LogP contribution in [0.25, 0.3) is 0 Å². The number of nitrogens with two attached hydrogens (primary N) is 1. The molecule has 1 atom stereocenters. The number of nitrogens with one attached hydrogen (secondary N) is 3. The van der Waals surface area contributed by atoms with Gasteiger partial charge in [-0.15, -0.1) is 0 Å². The molecule has 170 valence electrons. The van der Waals surface area contributed by atoms with Crippen molar-refractivity contribution in [3.63, 3.8) is 0 Å². The van der Waals surface area contributed by atoms with Gasteiger partial charge in [0.05, 0.1) is 5.56 Å². The van der Waals surface area contributed by atoms with E-state index in [1.165, 1.54) is 0 Å². The lowest BCUT2D eigenvalue weighted by Gasteiger charge is -2.19. The van der Waals surface area contributed by atoms with Gasteiger partial charge in [0.2, 0.25) is 0 Å². The van der Waals surface area contributed by atoms with Gasteiger partial charge in [-0.05, 0) is 43.4 Å². The van der Waals surface area contributed by atoms with Gasteiger partial charge in [0.1, 0.15) is 17.5 Å². The van der Waals surface area contributed by atoms with E-state index in [1.54, 1.807) is 31.2 Å². The zero-order chi connectivity index (χ0) is 23.3. The van der Waals surface area contributed by atoms with Crippen LogP contribution >= 0.6 is 0 Å². The van der Waals surface area contributed by atoms with Crippen LogP contribution in [0.15, 0.2) is 36.4 Å². The molecule has 3 rings (SSSR count). The maximum atomic E-state index is 14.8. The Morgan fingerprint density at radius 2 is 1.75 bits per heavy atom. The number of ether oxygens (including phenoxy) is 1. The van der Waals surface area contributed by atoms with E-state index in [2.05, 4.69) is 10.6 Å². The first kappa shape index (κ1) is 23.3. The number of nitrogen functional groups attached to an aromatic ring is 1. The van der Waals surface area contributed by atoms with Gasteiger partial charge in [0.25, 0.3) is 11.8 Å². The molecule has 0 spiro atoms. The van der Waals surface area contributed by atoms with Crippen LogP contribution in [0, 0.1) is 23.0 Å². The average Bonchev–Trinajstić information content (AvgIpc) is 3.59. The van der Waals surface area contributed by atoms with Crippen LogP contribution in [0.2, 0.25) is 0 Å². The number of halogens is 2. The summed E-state index contributed by atoms with van der Waals surface area (Å²) in [5.41, 5.74) is 5.97. The van der Waals surface area contributed by atoms with Gasteiger partial charge < -0.3 is 21.1 Å². The molecule has 32 heavy (non-hydrogen) atoms. The number of hydrogen-bond acceptors (Lipinski definition) is 4. The number of rotatable bonds is 10. The smallest absolute Gasteiger partial charge is 0.254 e. The maximum Gasteiger partial charge on any atom is 0.254 e. The largest absolute Gasteiger partial charge is 0.384 e. The standard InChI is InChI=1S/C23H26F2N4O3/c1-2-32-20(23(31)29-12-14-5-7-15(8-6-14)21(26)27)19-17(24)9-16(10-18(19)25)22(30)28-11-13-3-4-13/h5-10,13,20H,2-4,11-12H2,1H3,(H3,26,27)(H,28,30)(H,29,31). The summed E-state index contributed by atoms with van der Waals surface area (Å²) < 4.78 is 34.9. The van der Waals surface area contributed by atoms with E-state index in [9.17, 15) is 18.4 Å². The molecule has 1 aliphatic carbocycles. The first-order valence-corrected chi connectivity index (χ1v) is 10.4. The van der Waals surface area contributed by atoms with Crippen LogP contribution in [0.5, 0.6) is 0 Å². The van der Waals surface area contributed by atoms with E-state index in [-0.39, 0.29) is 24.6 Å². The molecule has 1 aliphatic rings. The highest BCUT2D eigenvalue weighted by atomic mass is 19.1. The Labute approximate surface area is 184 Å². The summed E-state index contributed by atoms with van der Waals surface area (Å²) in [6.07, 6.45) is 0.558. The molecule has 0 aliphatic heterocycles. The van der Waals surface area contributed by atoms with Gasteiger partial charge in [-0.25, -0.2) is 8.78 Å². The zero-order valence-corrected chi connectivity index (χ0v) is 17.7. The number of benzene rings is 2. The molecule has 5 N–H and O–H groups in total. The Bertz CT molecular complexity index is 984. The van der Waals surface area contributed by atoms with Crippen molar-refractivity contribution in [3.8, 4) is 0 Å². The van der Waals surface area contributed by atoms with Gasteiger partial charge >= 0.3 is 0 Å². The third-order valence-corrected chi connectivity index (χ3v) is 5.15. The Balaban J connectivity index is 1.72. The van der Waals surface area contributed by atoms with Gasteiger partial charge in [-0.1, -0.05) is 24.3 Å². The summed E-state index contributed by atoms with van der Waals surface area (Å²) in [6, 6.07) is 8.47. The molecule has 1 unspecified atom stereocenters. The SMILES string of the molecule is CCOC(C(=O)NCc1ccc(C(=N)N)cc1)c1c(F)cc(C(=O)NCC2CC2)cc1F. The number of amides is 2. The second kappa shape index (κ2) is 10.3. The topological polar surface area (TPSA) is 117 Å². The van der Waals surface area contributed by atoms with Crippen molar-refractivity contribution in [2.24, 2.45) is 11.7 Å². The normalized spacial score (nSPS) is 14.0. The van der Waals surface area contributed by atoms with Crippen LogP contribution < -0.4 is 16.4 Å². The van der Waals surface area contributed by atoms with E-state index < -0.39 is 35.1 Å². The predicted octanol–water partition coefficient (Wildman–Crippen LogP) is 2.78. The zero-order valence-electron chi connectivity index (χ0n) is 17.7. The quantitative estimate of drug-likeness (QED) is 0.333. The second-order valence-electron chi connectivity index (χ2n) is 7.67. The summed E-state index contributed by atoms with van der Waals surface area (Å²) in [5.74, 6) is -2.98. The first-order valence-electron chi connectivity index (χ1n) is 10.4. The predicted molar refractivity (Wildman–Crippen MR) is 115 cm³/mol. The number of amidine groups is 1. The minimum Gasteiger partial charge on any atom is -0.384 e. The molecule has 0 bridgehead atoms. The fraction of sp³-hybridized carbons (Fsp3) is 0.348. The summed E-state index contributed by atoms with van der Waals surface area (Å²) >= 11 is 0. The summed E-state index contributed by atoms with van der Waals surface area (Å²) in [5, 5.41) is 12.7. The van der Waals surface area contributed by atoms with Crippen molar-refractivity contribution in [1.29, 1.82) is 5.41 Å². The molecule has 2 amide bonds. The third-order valence-electron chi connectivity index (χ3n) is 5.15. The molecule has 2 aromatic carbocycles. The molecule has 9 heteroatoms. The summed E-state index contributed by atoms with van der Waals surface area (Å²) in [6.45, 7) is 2.22. The molecular weight excluding hydrogens is 418 g/mol. The van der Waals surface area contributed by atoms with Gasteiger partial charge in [0.15, 0.2) is 6.10 Å². The van der Waals surface area contributed by atoms with E-state index in [1.807, 2.05) is 0 Å². The van der Waals surface area contributed by atoms with Crippen LogP contribution in [0.4, 0.5) is 8.78 Å². The fourth-order valence-corrected chi connectivity index (χ4v) is 3.17. The highest BCUT2D eigenvalue weighted by molar-refractivity contribution is 5.95. The van der Waals surface area contributed by atoms with Crippen LogP contribution in [0.3, 0.4) is 0 Å². The monoisotopic (exact) mass is 444 g/mol. The lowest BCUT2D eigenvalue weighted by atomic mass is 10.0. The van der Waals surface area contributed by atoms with Crippen molar-refractivity contribution < 1.29 is 23.1 Å². The molecule has 0 saturated heterocycles. The summed E-state index contributed by atoms with van der Waals surface area (Å²) in [7, 11) is 0. The maximum absolute atomic E-state index is 14.8. The van der Waals surface area contributed by atoms with Crippen molar-refractivity contribution in [2.45, 2.75) is 32.4 Å². The van der Waals surface area contributed by atoms with Crippen molar-refractivity contribution in [2.75, 3.05) is 13.2 Å². The minimum atomic E-state index is -1.51. The molecule has 0 heterocycles. The highest BCUT2D eigenvalue weighted by Crippen LogP contribution is 2.28. The van der Waals surface area contributed by atoms with Crippen LogP contribution in [-0.2, 0) is 16.1 Å². The van der Waals surface area contributed by atoms with Crippen molar-refractivity contribution in [1.82, 2.24) is 10.6 Å². The Morgan fingerprint density at radius 3 is 2.28 bits per heavy atom. The van der Waals surface area contributed by atoms with Gasteiger partial charge in [-0.3, -0.25) is 15.0 Å². The van der Waals surface area contributed by atoms with Gasteiger partial charge in [0, 0.05) is 30.8 Å². The molecular formula is C23H26F2N4O3. The van der Waals surface area contributed by atoms with E-state index in [0.29, 0.717) is 23.6 Å². The van der Waals surface area contributed by atoms with Crippen LogP contribution in [0.1, 0.15) is 52.9 Å². The number of carbonyl (C=O) groups excluding carboxylic acids is 2. The Hall–Kier alpha value is -3.33. The Kier molecular flexibility index (Phi) is 7.53. The van der Waals surface area contributed by atoms with Gasteiger partial charge in [-0.2, -0.15) is 0 Å². The molecule has 1 saturated carbocycles. The fourth-order valence-electron chi connectivity index (χ4n) is 3.17. The number of hydrogen-bond donors (Lipinski definition) is 4. The first-order chi connectivity index (χ1) is 15.3. The summed E-state index contributed by atoms with van der Waals surface area (Å²) in [4.78, 5) is 24.9. The lowest BCUT2D eigenvalue weighted by Crippen LogP contribution is -2.32.